The van der Waals surface area contributed by atoms with E-state index < -0.39 is 0 Å². The molecule has 0 fully saturated rings. The van der Waals surface area contributed by atoms with Gasteiger partial charge in [0, 0.05) is 28.0 Å². The molecule has 0 saturated heterocycles. The van der Waals surface area contributed by atoms with Crippen molar-refractivity contribution in [2.24, 2.45) is 0 Å². The van der Waals surface area contributed by atoms with Crippen LogP contribution in [0.5, 0.6) is 5.75 Å². The van der Waals surface area contributed by atoms with Crippen molar-refractivity contribution < 1.29 is 4.74 Å². The van der Waals surface area contributed by atoms with Crippen LogP contribution in [0.15, 0.2) is 40.2 Å². The van der Waals surface area contributed by atoms with Crippen molar-refractivity contribution in [2.75, 3.05) is 0 Å². The predicted octanol–water partition coefficient (Wildman–Crippen LogP) is 4.59. The molecule has 0 atom stereocenters. The summed E-state index contributed by atoms with van der Waals surface area (Å²) in [6.45, 7) is 5.78. The summed E-state index contributed by atoms with van der Waals surface area (Å²) in [7, 11) is 0. The normalized spacial score (nSPS) is 10.9. The van der Waals surface area contributed by atoms with Crippen LogP contribution in [0, 0.1) is 0 Å². The highest BCUT2D eigenvalue weighted by atomic mass is 79.9. The lowest BCUT2D eigenvalue weighted by Crippen LogP contribution is -2.14. The lowest BCUT2D eigenvalue weighted by atomic mass is 10.2. The molecule has 1 heterocycles. The zero-order valence-corrected chi connectivity index (χ0v) is 13.6. The smallest absolute Gasteiger partial charge is 0.124 e. The van der Waals surface area contributed by atoms with E-state index in [0.29, 0.717) is 0 Å². The first-order valence-corrected chi connectivity index (χ1v) is 8.01. The second kappa shape index (κ2) is 7.08. The molecule has 0 bridgehead atoms. The number of hydrogen-bond acceptors (Lipinski definition) is 3. The van der Waals surface area contributed by atoms with Crippen molar-refractivity contribution in [1.82, 2.24) is 5.32 Å². The molecule has 0 aliphatic rings. The van der Waals surface area contributed by atoms with E-state index in [1.807, 2.05) is 32.0 Å². The van der Waals surface area contributed by atoms with Gasteiger partial charge in [0.15, 0.2) is 0 Å². The second-order valence-corrected chi connectivity index (χ2v) is 6.42. The lowest BCUT2D eigenvalue weighted by molar-refractivity contribution is 0.239. The Hall–Kier alpha value is -0.840. The summed E-state index contributed by atoms with van der Waals surface area (Å²) in [5.74, 6) is 0.968. The van der Waals surface area contributed by atoms with Crippen LogP contribution in [0.1, 0.15) is 24.3 Å². The van der Waals surface area contributed by atoms with Gasteiger partial charge in [-0.15, -0.1) is 11.3 Å². The van der Waals surface area contributed by atoms with Gasteiger partial charge >= 0.3 is 0 Å². The standard InChI is InChI=1S/C15H18BrNOS/c1-11(2)18-14-6-4-3-5-12(14)9-17-10-15-13(16)7-8-19-15/h3-8,11,17H,9-10H2,1-2H3. The summed E-state index contributed by atoms with van der Waals surface area (Å²) in [4.78, 5) is 1.32. The summed E-state index contributed by atoms with van der Waals surface area (Å²) in [6, 6.07) is 10.3. The molecular formula is C15H18BrNOS. The fourth-order valence-corrected chi connectivity index (χ4v) is 3.24. The molecule has 2 rings (SSSR count). The summed E-state index contributed by atoms with van der Waals surface area (Å²) in [6.07, 6.45) is 0.201. The van der Waals surface area contributed by atoms with Gasteiger partial charge in [0.05, 0.1) is 6.10 Å². The quantitative estimate of drug-likeness (QED) is 0.831. The molecular weight excluding hydrogens is 322 g/mol. The molecule has 0 unspecified atom stereocenters. The third-order valence-corrected chi connectivity index (χ3v) is 4.55. The Labute approximate surface area is 126 Å². The van der Waals surface area contributed by atoms with Gasteiger partial charge in [0.1, 0.15) is 5.75 Å². The van der Waals surface area contributed by atoms with Gasteiger partial charge in [-0.1, -0.05) is 18.2 Å². The SMILES string of the molecule is CC(C)Oc1ccccc1CNCc1sccc1Br. The molecule has 0 aliphatic carbocycles. The maximum Gasteiger partial charge on any atom is 0.124 e. The number of ether oxygens (including phenoxy) is 1. The molecule has 1 aromatic heterocycles. The minimum Gasteiger partial charge on any atom is -0.491 e. The van der Waals surface area contributed by atoms with E-state index in [4.69, 9.17) is 4.74 Å². The van der Waals surface area contributed by atoms with E-state index in [2.05, 4.69) is 38.8 Å². The Morgan fingerprint density at radius 2 is 2.00 bits per heavy atom. The molecule has 1 aromatic carbocycles. The number of benzene rings is 1. The fraction of sp³-hybridized carbons (Fsp3) is 0.333. The van der Waals surface area contributed by atoms with E-state index in [0.717, 1.165) is 18.8 Å². The molecule has 0 radical (unpaired) electrons. The van der Waals surface area contributed by atoms with Crippen LogP contribution in [0.2, 0.25) is 0 Å². The van der Waals surface area contributed by atoms with Crippen molar-refractivity contribution >= 4 is 27.3 Å². The van der Waals surface area contributed by atoms with Crippen LogP contribution < -0.4 is 10.1 Å². The molecule has 0 aliphatic heterocycles. The minimum absolute atomic E-state index is 0.201. The third kappa shape index (κ3) is 4.34. The van der Waals surface area contributed by atoms with Crippen LogP contribution in [-0.2, 0) is 13.1 Å². The van der Waals surface area contributed by atoms with Crippen molar-refractivity contribution in [3.8, 4) is 5.75 Å². The third-order valence-electron chi connectivity index (χ3n) is 2.63. The monoisotopic (exact) mass is 339 g/mol. The lowest BCUT2D eigenvalue weighted by Gasteiger charge is -2.14. The Kier molecular flexibility index (Phi) is 5.43. The molecule has 0 amide bonds. The number of rotatable bonds is 6. The van der Waals surface area contributed by atoms with Crippen molar-refractivity contribution in [3.63, 3.8) is 0 Å². The van der Waals surface area contributed by atoms with E-state index in [9.17, 15) is 0 Å². The van der Waals surface area contributed by atoms with Crippen LogP contribution >= 0.6 is 27.3 Å². The Balaban J connectivity index is 1.94. The highest BCUT2D eigenvalue weighted by molar-refractivity contribution is 9.10. The summed E-state index contributed by atoms with van der Waals surface area (Å²) in [5.41, 5.74) is 1.20. The van der Waals surface area contributed by atoms with Crippen LogP contribution in [-0.4, -0.2) is 6.10 Å². The first-order chi connectivity index (χ1) is 9.16. The Morgan fingerprint density at radius 3 is 2.68 bits per heavy atom. The van der Waals surface area contributed by atoms with E-state index in [-0.39, 0.29) is 6.10 Å². The molecule has 4 heteroatoms. The first-order valence-electron chi connectivity index (χ1n) is 6.34. The minimum atomic E-state index is 0.201. The predicted molar refractivity (Wildman–Crippen MR) is 84.8 cm³/mol. The summed E-state index contributed by atoms with van der Waals surface area (Å²) < 4.78 is 6.99. The van der Waals surface area contributed by atoms with Gasteiger partial charge in [-0.3, -0.25) is 0 Å². The van der Waals surface area contributed by atoms with Crippen LogP contribution in [0.4, 0.5) is 0 Å². The number of para-hydroxylation sites is 1. The van der Waals surface area contributed by atoms with Crippen molar-refractivity contribution in [2.45, 2.75) is 33.0 Å². The number of thiophene rings is 1. The van der Waals surface area contributed by atoms with Crippen LogP contribution in [0.25, 0.3) is 0 Å². The van der Waals surface area contributed by atoms with Gasteiger partial charge in [0.25, 0.3) is 0 Å². The number of nitrogens with one attached hydrogen (secondary N) is 1. The molecule has 2 aromatic rings. The molecule has 2 nitrogen and oxygen atoms in total. The van der Waals surface area contributed by atoms with Crippen molar-refractivity contribution in [3.05, 3.63) is 50.6 Å². The maximum absolute atomic E-state index is 5.81. The zero-order valence-electron chi connectivity index (χ0n) is 11.2. The molecule has 0 saturated carbocycles. The molecule has 102 valence electrons. The van der Waals surface area contributed by atoms with E-state index in [1.165, 1.54) is 14.9 Å². The molecule has 19 heavy (non-hydrogen) atoms. The van der Waals surface area contributed by atoms with Gasteiger partial charge in [-0.25, -0.2) is 0 Å². The average Bonchev–Trinajstić information content (AvgIpc) is 2.77. The largest absolute Gasteiger partial charge is 0.491 e. The average molecular weight is 340 g/mol. The van der Waals surface area contributed by atoms with Gasteiger partial charge in [-0.2, -0.15) is 0 Å². The number of hydrogen-bond donors (Lipinski definition) is 1. The maximum atomic E-state index is 5.81. The molecule has 1 N–H and O–H groups in total. The van der Waals surface area contributed by atoms with Gasteiger partial charge in [0.2, 0.25) is 0 Å². The van der Waals surface area contributed by atoms with Gasteiger partial charge in [-0.05, 0) is 47.3 Å². The van der Waals surface area contributed by atoms with E-state index >= 15 is 0 Å². The number of halogens is 1. The Morgan fingerprint density at radius 1 is 1.21 bits per heavy atom. The molecule has 0 spiro atoms. The topological polar surface area (TPSA) is 21.3 Å². The van der Waals surface area contributed by atoms with E-state index in [1.54, 1.807) is 11.3 Å². The van der Waals surface area contributed by atoms with Gasteiger partial charge < -0.3 is 10.1 Å². The summed E-state index contributed by atoms with van der Waals surface area (Å²) in [5, 5.41) is 5.55. The second-order valence-electron chi connectivity index (χ2n) is 4.57. The zero-order chi connectivity index (χ0) is 13.7. The highest BCUT2D eigenvalue weighted by Crippen LogP contribution is 2.23. The van der Waals surface area contributed by atoms with Crippen LogP contribution in [0.3, 0.4) is 0 Å². The highest BCUT2D eigenvalue weighted by Gasteiger charge is 2.05. The van der Waals surface area contributed by atoms with Crippen molar-refractivity contribution in [1.29, 1.82) is 0 Å². The Bertz CT molecular complexity index is 524. The first kappa shape index (κ1) is 14.6. The fourth-order valence-electron chi connectivity index (χ4n) is 1.78. The summed E-state index contributed by atoms with van der Waals surface area (Å²) >= 11 is 5.30.